The fraction of sp³-hybridized carbons (Fsp3) is 0.0909. The van der Waals surface area contributed by atoms with Crippen molar-refractivity contribution in [2.24, 2.45) is 0 Å². The highest BCUT2D eigenvalue weighted by Crippen LogP contribution is 2.25. The zero-order chi connectivity index (χ0) is 11.0. The Morgan fingerprint density at radius 2 is 2.31 bits per heavy atom. The number of benzene rings is 1. The van der Waals surface area contributed by atoms with Gasteiger partial charge in [0.25, 0.3) is 0 Å². The minimum Gasteiger partial charge on any atom is -0.359 e. The third-order valence-corrected chi connectivity index (χ3v) is 3.22. The Labute approximate surface area is 96.4 Å². The first kappa shape index (κ1) is 9.35. The molecule has 0 saturated carbocycles. The number of aromatic amines is 1. The van der Waals surface area contributed by atoms with Gasteiger partial charge in [-0.15, -0.1) is 11.3 Å². The van der Waals surface area contributed by atoms with Crippen LogP contribution in [-0.4, -0.2) is 22.0 Å². The summed E-state index contributed by atoms with van der Waals surface area (Å²) in [5.74, 6) is 0.784. The van der Waals surface area contributed by atoms with Crippen LogP contribution in [0.4, 0.5) is 5.95 Å². The van der Waals surface area contributed by atoms with Gasteiger partial charge in [-0.3, -0.25) is 0 Å². The molecule has 16 heavy (non-hydrogen) atoms. The first-order chi connectivity index (χ1) is 7.86. The number of nitrogens with zero attached hydrogens (tertiary/aromatic N) is 2. The summed E-state index contributed by atoms with van der Waals surface area (Å²) in [6.45, 7) is 0. The molecule has 0 aliphatic rings. The fourth-order valence-electron chi connectivity index (χ4n) is 1.63. The average Bonchev–Trinajstić information content (AvgIpc) is 2.96. The molecule has 0 saturated heterocycles. The van der Waals surface area contributed by atoms with Crippen LogP contribution < -0.4 is 5.32 Å². The van der Waals surface area contributed by atoms with E-state index in [2.05, 4.69) is 26.3 Å². The number of aromatic nitrogens is 3. The lowest BCUT2D eigenvalue weighted by atomic mass is 10.2. The summed E-state index contributed by atoms with van der Waals surface area (Å²) in [6.07, 6.45) is 1.82. The van der Waals surface area contributed by atoms with Gasteiger partial charge in [0.1, 0.15) is 5.01 Å². The lowest BCUT2D eigenvalue weighted by Gasteiger charge is -1.95. The first-order valence-corrected chi connectivity index (χ1v) is 5.82. The Balaban J connectivity index is 2.15. The predicted molar refractivity (Wildman–Crippen MR) is 66.7 cm³/mol. The standard InChI is InChI=1S/C11H10N4S/c1-12-11-14-8-3-2-7(6-9(8)15-11)10-13-4-5-16-10/h2-6H,1H3,(H2,12,14,15). The Bertz CT molecular complexity index is 612. The Kier molecular flexibility index (Phi) is 2.11. The molecular formula is C11H10N4S. The van der Waals surface area contributed by atoms with Crippen molar-refractivity contribution in [3.63, 3.8) is 0 Å². The summed E-state index contributed by atoms with van der Waals surface area (Å²) < 4.78 is 0. The number of imidazole rings is 1. The van der Waals surface area contributed by atoms with E-state index in [-0.39, 0.29) is 0 Å². The Morgan fingerprint density at radius 1 is 1.38 bits per heavy atom. The van der Waals surface area contributed by atoms with Crippen LogP contribution in [0, 0.1) is 0 Å². The largest absolute Gasteiger partial charge is 0.359 e. The molecule has 5 heteroatoms. The number of nitrogens with one attached hydrogen (secondary N) is 2. The normalized spacial score (nSPS) is 10.8. The molecule has 0 atom stereocenters. The third-order valence-electron chi connectivity index (χ3n) is 2.40. The zero-order valence-electron chi connectivity index (χ0n) is 8.69. The number of thiazole rings is 1. The number of hydrogen-bond acceptors (Lipinski definition) is 4. The fourth-order valence-corrected chi connectivity index (χ4v) is 2.26. The smallest absolute Gasteiger partial charge is 0.200 e. The van der Waals surface area contributed by atoms with Crippen molar-refractivity contribution in [3.8, 4) is 10.6 Å². The van der Waals surface area contributed by atoms with E-state index in [9.17, 15) is 0 Å². The van der Waals surface area contributed by atoms with Crippen molar-refractivity contribution in [3.05, 3.63) is 29.8 Å². The van der Waals surface area contributed by atoms with E-state index >= 15 is 0 Å². The molecular weight excluding hydrogens is 220 g/mol. The van der Waals surface area contributed by atoms with Gasteiger partial charge in [0.05, 0.1) is 11.0 Å². The molecule has 4 nitrogen and oxygen atoms in total. The van der Waals surface area contributed by atoms with Crippen LogP contribution in [0.1, 0.15) is 0 Å². The van der Waals surface area contributed by atoms with Gasteiger partial charge in [0.15, 0.2) is 0 Å². The van der Waals surface area contributed by atoms with Gasteiger partial charge < -0.3 is 10.3 Å². The van der Waals surface area contributed by atoms with E-state index in [1.807, 2.05) is 30.8 Å². The summed E-state index contributed by atoms with van der Waals surface area (Å²) in [5, 5.41) is 6.00. The van der Waals surface area contributed by atoms with E-state index in [0.717, 1.165) is 27.6 Å². The van der Waals surface area contributed by atoms with E-state index in [4.69, 9.17) is 0 Å². The first-order valence-electron chi connectivity index (χ1n) is 4.94. The molecule has 80 valence electrons. The van der Waals surface area contributed by atoms with Gasteiger partial charge in [-0.1, -0.05) is 0 Å². The second-order valence-electron chi connectivity index (χ2n) is 3.40. The molecule has 3 rings (SSSR count). The Hall–Kier alpha value is -1.88. The van der Waals surface area contributed by atoms with Crippen LogP contribution in [0.2, 0.25) is 0 Å². The summed E-state index contributed by atoms with van der Waals surface area (Å²) in [7, 11) is 1.85. The molecule has 0 radical (unpaired) electrons. The van der Waals surface area contributed by atoms with Crippen LogP contribution >= 0.6 is 11.3 Å². The van der Waals surface area contributed by atoms with Gasteiger partial charge in [0, 0.05) is 24.2 Å². The highest BCUT2D eigenvalue weighted by atomic mass is 32.1. The molecule has 0 aliphatic carbocycles. The van der Waals surface area contributed by atoms with E-state index in [1.54, 1.807) is 11.3 Å². The molecule has 0 fully saturated rings. The van der Waals surface area contributed by atoms with Crippen molar-refractivity contribution in [2.75, 3.05) is 12.4 Å². The number of anilines is 1. The van der Waals surface area contributed by atoms with E-state index in [0.29, 0.717) is 0 Å². The lowest BCUT2D eigenvalue weighted by molar-refractivity contribution is 1.28. The molecule has 0 unspecified atom stereocenters. The van der Waals surface area contributed by atoms with E-state index in [1.165, 1.54) is 0 Å². The van der Waals surface area contributed by atoms with E-state index < -0.39 is 0 Å². The summed E-state index contributed by atoms with van der Waals surface area (Å²) in [6, 6.07) is 6.12. The zero-order valence-corrected chi connectivity index (χ0v) is 9.51. The number of rotatable bonds is 2. The molecule has 2 aromatic heterocycles. The van der Waals surface area contributed by atoms with Crippen molar-refractivity contribution in [1.82, 2.24) is 15.0 Å². The lowest BCUT2D eigenvalue weighted by Crippen LogP contribution is -1.88. The van der Waals surface area contributed by atoms with Gasteiger partial charge >= 0.3 is 0 Å². The third kappa shape index (κ3) is 1.45. The molecule has 0 spiro atoms. The SMILES string of the molecule is CNc1nc2ccc(-c3nccs3)cc2[nH]1. The van der Waals surface area contributed by atoms with Crippen molar-refractivity contribution in [2.45, 2.75) is 0 Å². The topological polar surface area (TPSA) is 53.6 Å². The number of fused-ring (bicyclic) bond motifs is 1. The summed E-state index contributed by atoms with van der Waals surface area (Å²) in [4.78, 5) is 11.9. The maximum atomic E-state index is 4.37. The van der Waals surface area contributed by atoms with Crippen LogP contribution in [0.5, 0.6) is 0 Å². The van der Waals surface area contributed by atoms with Crippen LogP contribution in [-0.2, 0) is 0 Å². The highest BCUT2D eigenvalue weighted by molar-refractivity contribution is 7.13. The molecule has 0 aliphatic heterocycles. The highest BCUT2D eigenvalue weighted by Gasteiger charge is 2.05. The summed E-state index contributed by atoms with van der Waals surface area (Å²) >= 11 is 1.64. The molecule has 0 bridgehead atoms. The molecule has 1 aromatic carbocycles. The van der Waals surface area contributed by atoms with Crippen molar-refractivity contribution >= 4 is 28.3 Å². The number of hydrogen-bond donors (Lipinski definition) is 2. The Morgan fingerprint density at radius 3 is 3.06 bits per heavy atom. The second-order valence-corrected chi connectivity index (χ2v) is 4.30. The van der Waals surface area contributed by atoms with Gasteiger partial charge in [-0.25, -0.2) is 9.97 Å². The maximum absolute atomic E-state index is 4.37. The van der Waals surface area contributed by atoms with Crippen LogP contribution in [0.25, 0.3) is 21.6 Å². The average molecular weight is 230 g/mol. The summed E-state index contributed by atoms with van der Waals surface area (Å²) in [5.41, 5.74) is 3.11. The maximum Gasteiger partial charge on any atom is 0.200 e. The van der Waals surface area contributed by atoms with Gasteiger partial charge in [-0.05, 0) is 18.2 Å². The molecule has 0 amide bonds. The minimum atomic E-state index is 0.784. The predicted octanol–water partition coefficient (Wildman–Crippen LogP) is 2.73. The van der Waals surface area contributed by atoms with Crippen LogP contribution in [0.15, 0.2) is 29.8 Å². The molecule has 2 heterocycles. The quantitative estimate of drug-likeness (QED) is 0.711. The molecule has 3 aromatic rings. The van der Waals surface area contributed by atoms with Crippen LogP contribution in [0.3, 0.4) is 0 Å². The van der Waals surface area contributed by atoms with Gasteiger partial charge in [0.2, 0.25) is 5.95 Å². The monoisotopic (exact) mass is 230 g/mol. The van der Waals surface area contributed by atoms with Gasteiger partial charge in [-0.2, -0.15) is 0 Å². The molecule has 2 N–H and O–H groups in total. The second kappa shape index (κ2) is 3.61. The number of H-pyrrole nitrogens is 1. The van der Waals surface area contributed by atoms with Crippen molar-refractivity contribution in [1.29, 1.82) is 0 Å². The minimum absolute atomic E-state index is 0.784. The van der Waals surface area contributed by atoms with Crippen molar-refractivity contribution < 1.29 is 0 Å².